The molecule has 162 valence electrons. The van der Waals surface area contributed by atoms with Gasteiger partial charge in [-0.3, -0.25) is 4.79 Å². The molecule has 0 heterocycles. The molecular formula is C24H26N2O4S. The summed E-state index contributed by atoms with van der Waals surface area (Å²) >= 11 is 0. The molecule has 0 unspecified atom stereocenters. The lowest BCUT2D eigenvalue weighted by molar-refractivity contribution is -0.116. The van der Waals surface area contributed by atoms with Crippen molar-refractivity contribution in [3.63, 3.8) is 0 Å². The number of ether oxygens (including phenoxy) is 1. The molecule has 0 saturated heterocycles. The molecule has 31 heavy (non-hydrogen) atoms. The molecule has 3 rings (SSSR count). The minimum atomic E-state index is -3.89. The monoisotopic (exact) mass is 438 g/mol. The molecule has 7 heteroatoms. The first-order chi connectivity index (χ1) is 14.8. The van der Waals surface area contributed by atoms with Gasteiger partial charge in [-0.1, -0.05) is 54.1 Å². The molecule has 0 aromatic heterocycles. The zero-order chi connectivity index (χ0) is 22.4. The largest absolute Gasteiger partial charge is 0.495 e. The summed E-state index contributed by atoms with van der Waals surface area (Å²) in [7, 11) is -2.37. The Bertz CT molecular complexity index is 1140. The van der Waals surface area contributed by atoms with Crippen LogP contribution in [0.5, 0.6) is 5.75 Å². The van der Waals surface area contributed by atoms with Gasteiger partial charge < -0.3 is 10.1 Å². The molecule has 0 radical (unpaired) electrons. The average Bonchev–Trinajstić information content (AvgIpc) is 2.74. The van der Waals surface area contributed by atoms with Crippen LogP contribution in [0.2, 0.25) is 0 Å². The van der Waals surface area contributed by atoms with Gasteiger partial charge in [0.25, 0.3) is 0 Å². The molecule has 0 aliphatic carbocycles. The second-order valence-electron chi connectivity index (χ2n) is 7.32. The van der Waals surface area contributed by atoms with Gasteiger partial charge in [0.05, 0.1) is 24.2 Å². The predicted octanol–water partition coefficient (Wildman–Crippen LogP) is 4.14. The molecule has 3 aromatic rings. The van der Waals surface area contributed by atoms with Crippen molar-refractivity contribution in [2.24, 2.45) is 0 Å². The zero-order valence-corrected chi connectivity index (χ0v) is 18.6. The van der Waals surface area contributed by atoms with Gasteiger partial charge in [-0.15, -0.1) is 0 Å². The normalized spacial score (nSPS) is 11.4. The fraction of sp³-hybridized carbons (Fsp3) is 0.208. The number of hydrogen-bond donors (Lipinski definition) is 1. The van der Waals surface area contributed by atoms with E-state index in [0.717, 1.165) is 16.7 Å². The Balaban J connectivity index is 1.88. The minimum Gasteiger partial charge on any atom is -0.495 e. The third kappa shape index (κ3) is 5.71. The molecule has 0 aliphatic heterocycles. The number of methoxy groups -OCH3 is 1. The fourth-order valence-corrected chi connectivity index (χ4v) is 4.53. The number of sulfonamides is 1. The second-order valence-corrected chi connectivity index (χ2v) is 9.26. The third-order valence-corrected chi connectivity index (χ3v) is 6.62. The predicted molar refractivity (Wildman–Crippen MR) is 122 cm³/mol. The molecule has 0 spiro atoms. The average molecular weight is 439 g/mol. The summed E-state index contributed by atoms with van der Waals surface area (Å²) in [6, 6.07) is 21.2. The van der Waals surface area contributed by atoms with Gasteiger partial charge >= 0.3 is 0 Å². The first kappa shape index (κ1) is 22.5. The van der Waals surface area contributed by atoms with Gasteiger partial charge in [0.1, 0.15) is 5.75 Å². The van der Waals surface area contributed by atoms with Gasteiger partial charge in [-0.25, -0.2) is 8.42 Å². The highest BCUT2D eigenvalue weighted by Gasteiger charge is 2.27. The van der Waals surface area contributed by atoms with Crippen LogP contribution in [0.25, 0.3) is 0 Å². The van der Waals surface area contributed by atoms with E-state index in [1.54, 1.807) is 36.4 Å². The number of benzene rings is 3. The Morgan fingerprint density at radius 3 is 2.23 bits per heavy atom. The van der Waals surface area contributed by atoms with Gasteiger partial charge in [0, 0.05) is 6.54 Å². The highest BCUT2D eigenvalue weighted by molar-refractivity contribution is 7.89. The van der Waals surface area contributed by atoms with E-state index in [0.29, 0.717) is 11.4 Å². The highest BCUT2D eigenvalue weighted by atomic mass is 32.2. The van der Waals surface area contributed by atoms with Crippen molar-refractivity contribution < 1.29 is 17.9 Å². The zero-order valence-electron chi connectivity index (χ0n) is 17.8. The summed E-state index contributed by atoms with van der Waals surface area (Å²) in [6.45, 7) is 3.54. The van der Waals surface area contributed by atoms with Crippen molar-refractivity contribution in [3.05, 3.63) is 89.5 Å². The number of nitrogens with zero attached hydrogens (tertiary/aromatic N) is 1. The maximum Gasteiger partial charge on any atom is 0.243 e. The fourth-order valence-electron chi connectivity index (χ4n) is 3.14. The van der Waals surface area contributed by atoms with Crippen LogP contribution in [0, 0.1) is 13.8 Å². The molecule has 0 aliphatic rings. The number of carbonyl (C=O) groups is 1. The summed E-state index contributed by atoms with van der Waals surface area (Å²) < 4.78 is 33.2. The second kappa shape index (κ2) is 9.76. The van der Waals surface area contributed by atoms with E-state index in [1.807, 2.05) is 50.2 Å². The number of nitrogens with one attached hydrogen (secondary N) is 1. The Labute approximate surface area is 183 Å². The Kier molecular flexibility index (Phi) is 7.09. The summed E-state index contributed by atoms with van der Waals surface area (Å²) in [4.78, 5) is 13.0. The number of rotatable bonds is 8. The van der Waals surface area contributed by atoms with Crippen molar-refractivity contribution in [2.75, 3.05) is 19.0 Å². The van der Waals surface area contributed by atoms with Gasteiger partial charge in [0.2, 0.25) is 15.9 Å². The van der Waals surface area contributed by atoms with Crippen LogP contribution in [0.4, 0.5) is 5.69 Å². The lowest BCUT2D eigenvalue weighted by Gasteiger charge is -2.22. The Hall–Kier alpha value is -3.16. The first-order valence-corrected chi connectivity index (χ1v) is 11.3. The lowest BCUT2D eigenvalue weighted by Crippen LogP contribution is -2.37. The van der Waals surface area contributed by atoms with Gasteiger partial charge in [-0.2, -0.15) is 4.31 Å². The smallest absolute Gasteiger partial charge is 0.243 e. The number of amides is 1. The molecule has 3 aromatic carbocycles. The molecule has 0 saturated carbocycles. The van der Waals surface area contributed by atoms with Gasteiger partial charge in [0.15, 0.2) is 0 Å². The molecule has 1 N–H and O–H groups in total. The van der Waals surface area contributed by atoms with E-state index < -0.39 is 15.9 Å². The van der Waals surface area contributed by atoms with E-state index in [-0.39, 0.29) is 18.0 Å². The van der Waals surface area contributed by atoms with Crippen LogP contribution in [-0.2, 0) is 21.4 Å². The standard InChI is InChI=1S/C24H26N2O4S/c1-18-9-12-21(13-10-18)31(28,29)26(16-20-7-5-4-6-8-20)17-24(27)25-22-15-19(2)11-14-23(22)30-3/h4-15H,16-17H2,1-3H3,(H,25,27). The summed E-state index contributed by atoms with van der Waals surface area (Å²) in [5, 5.41) is 2.78. The van der Waals surface area contributed by atoms with E-state index in [9.17, 15) is 13.2 Å². The topological polar surface area (TPSA) is 75.7 Å². The maximum absolute atomic E-state index is 13.3. The van der Waals surface area contributed by atoms with E-state index in [2.05, 4.69) is 5.32 Å². The molecule has 0 atom stereocenters. The number of anilines is 1. The number of hydrogen-bond acceptors (Lipinski definition) is 4. The SMILES string of the molecule is COc1ccc(C)cc1NC(=O)CN(Cc1ccccc1)S(=O)(=O)c1ccc(C)cc1. The molecule has 0 bridgehead atoms. The van der Waals surface area contributed by atoms with E-state index in [1.165, 1.54) is 11.4 Å². The molecular weight excluding hydrogens is 412 g/mol. The molecule has 6 nitrogen and oxygen atoms in total. The number of aryl methyl sites for hydroxylation is 2. The summed E-state index contributed by atoms with van der Waals surface area (Å²) in [6.07, 6.45) is 0. The van der Waals surface area contributed by atoms with E-state index in [4.69, 9.17) is 4.74 Å². The maximum atomic E-state index is 13.3. The highest BCUT2D eigenvalue weighted by Crippen LogP contribution is 2.26. The van der Waals surface area contributed by atoms with Crippen LogP contribution >= 0.6 is 0 Å². The van der Waals surface area contributed by atoms with Crippen LogP contribution in [0.1, 0.15) is 16.7 Å². The third-order valence-electron chi connectivity index (χ3n) is 4.81. The van der Waals surface area contributed by atoms with Crippen molar-refractivity contribution in [1.29, 1.82) is 0 Å². The molecule has 1 amide bonds. The van der Waals surface area contributed by atoms with Crippen LogP contribution in [0.15, 0.2) is 77.7 Å². The Morgan fingerprint density at radius 1 is 0.935 bits per heavy atom. The summed E-state index contributed by atoms with van der Waals surface area (Å²) in [5.41, 5.74) is 3.20. The minimum absolute atomic E-state index is 0.0788. The first-order valence-electron chi connectivity index (χ1n) is 9.85. The van der Waals surface area contributed by atoms with Crippen LogP contribution in [-0.4, -0.2) is 32.3 Å². The lowest BCUT2D eigenvalue weighted by atomic mass is 10.2. The summed E-state index contributed by atoms with van der Waals surface area (Å²) in [5.74, 6) is 0.0606. The quantitative estimate of drug-likeness (QED) is 0.574. The van der Waals surface area contributed by atoms with Crippen LogP contribution in [0.3, 0.4) is 0 Å². The van der Waals surface area contributed by atoms with Gasteiger partial charge in [-0.05, 0) is 49.2 Å². The van der Waals surface area contributed by atoms with Crippen molar-refractivity contribution >= 4 is 21.6 Å². The van der Waals surface area contributed by atoms with Crippen molar-refractivity contribution in [1.82, 2.24) is 4.31 Å². The van der Waals surface area contributed by atoms with Crippen molar-refractivity contribution in [3.8, 4) is 5.75 Å². The van der Waals surface area contributed by atoms with Crippen LogP contribution < -0.4 is 10.1 Å². The number of carbonyl (C=O) groups excluding carboxylic acids is 1. The van der Waals surface area contributed by atoms with E-state index >= 15 is 0 Å². The molecule has 0 fully saturated rings. The van der Waals surface area contributed by atoms with Crippen molar-refractivity contribution in [2.45, 2.75) is 25.3 Å². The Morgan fingerprint density at radius 2 is 1.58 bits per heavy atom.